The SMILES string of the molecule is C.C.C.C.C.C.C.C.C.C.CCC(C)(C)C(=O)OC1CC(C)(C)CC(C)(C)C1.CCC(C)(C)C(=O)OC1CC(C)CCC1C(C)C.CCC(C)(C)C(=O)OC1CCC(C(C)(C)C)CC1.CCC(C)(C)C(=O)OC1CCC(C)CC1.CCC(C)(C)C(=O)OC1CCCCC1C(C)(C)C. The molecular weight excluding hydrogens is 1200 g/mol. The molecular formula is C87H184O10. The number of esters is 5. The Morgan fingerprint density at radius 3 is 0.959 bits per heavy atom. The molecule has 0 radical (unpaired) electrons. The highest BCUT2D eigenvalue weighted by Crippen LogP contribution is 2.48. The van der Waals surface area contributed by atoms with Gasteiger partial charge in [0.15, 0.2) is 0 Å². The third kappa shape index (κ3) is 40.7. The molecule has 592 valence electrons. The molecule has 5 fully saturated rings. The first-order valence-electron chi connectivity index (χ1n) is 35.6. The number of carbonyl (C=O) groups is 5. The van der Waals surface area contributed by atoms with Crippen LogP contribution in [0.2, 0.25) is 0 Å². The first-order valence-corrected chi connectivity index (χ1v) is 35.6. The Kier molecular flexibility index (Phi) is 58.5. The molecule has 0 aromatic carbocycles. The van der Waals surface area contributed by atoms with Crippen molar-refractivity contribution in [2.45, 2.75) is 453 Å². The van der Waals surface area contributed by atoms with E-state index < -0.39 is 0 Å². The number of ether oxygens (including phenoxy) is 5. The van der Waals surface area contributed by atoms with Gasteiger partial charge in [0.25, 0.3) is 0 Å². The smallest absolute Gasteiger partial charge is 0.311 e. The summed E-state index contributed by atoms with van der Waals surface area (Å²) in [5.41, 5.74) is -0.552. The van der Waals surface area contributed by atoms with Crippen LogP contribution in [0.15, 0.2) is 0 Å². The lowest BCUT2D eigenvalue weighted by Crippen LogP contribution is -2.40. The maximum Gasteiger partial charge on any atom is 0.311 e. The molecule has 5 rings (SSSR count). The van der Waals surface area contributed by atoms with Gasteiger partial charge in [-0.3, -0.25) is 24.0 Å². The molecule has 0 saturated heterocycles. The van der Waals surface area contributed by atoms with Crippen molar-refractivity contribution < 1.29 is 47.7 Å². The fourth-order valence-corrected chi connectivity index (χ4v) is 12.9. The van der Waals surface area contributed by atoms with E-state index in [4.69, 9.17) is 23.7 Å². The fraction of sp³-hybridized carbons (Fsp3) is 0.943. The zero-order chi connectivity index (χ0) is 67.5. The summed E-state index contributed by atoms with van der Waals surface area (Å²) in [6.45, 7) is 61.7. The molecule has 97 heavy (non-hydrogen) atoms. The van der Waals surface area contributed by atoms with Gasteiger partial charge in [0.05, 0.1) is 27.1 Å². The van der Waals surface area contributed by atoms with E-state index in [1.165, 1.54) is 64.2 Å². The Morgan fingerprint density at radius 1 is 0.361 bits per heavy atom. The van der Waals surface area contributed by atoms with Crippen LogP contribution in [0.5, 0.6) is 0 Å². The molecule has 5 aliphatic carbocycles. The summed E-state index contributed by atoms with van der Waals surface area (Å²) < 4.78 is 28.7. The van der Waals surface area contributed by atoms with Crippen LogP contribution in [0, 0.1) is 84.2 Å². The Hall–Kier alpha value is -2.65. The van der Waals surface area contributed by atoms with Gasteiger partial charge in [0.2, 0.25) is 0 Å². The van der Waals surface area contributed by atoms with Gasteiger partial charge in [0.1, 0.15) is 30.5 Å². The van der Waals surface area contributed by atoms with Crippen molar-refractivity contribution in [3.05, 3.63) is 0 Å². The first-order chi connectivity index (χ1) is 39.5. The van der Waals surface area contributed by atoms with Gasteiger partial charge < -0.3 is 23.7 Å². The molecule has 0 amide bonds. The van der Waals surface area contributed by atoms with E-state index in [-0.39, 0.29) is 178 Å². The molecule has 5 unspecified atom stereocenters. The minimum absolute atomic E-state index is 0. The molecule has 5 atom stereocenters. The van der Waals surface area contributed by atoms with Gasteiger partial charge in [-0.1, -0.05) is 219 Å². The highest BCUT2D eigenvalue weighted by atomic mass is 16.6. The maximum atomic E-state index is 12.2. The minimum Gasteiger partial charge on any atom is -0.462 e. The predicted molar refractivity (Wildman–Crippen MR) is 430 cm³/mol. The number of hydrogen-bond acceptors (Lipinski definition) is 10. The summed E-state index contributed by atoms with van der Waals surface area (Å²) in [5, 5.41) is 0. The normalized spacial score (nSPS) is 23.7. The summed E-state index contributed by atoms with van der Waals surface area (Å²) in [6.07, 6.45) is 25.2. The molecule has 5 saturated carbocycles. The van der Waals surface area contributed by atoms with Crippen molar-refractivity contribution in [1.29, 1.82) is 0 Å². The van der Waals surface area contributed by atoms with Crippen LogP contribution in [0.25, 0.3) is 0 Å². The van der Waals surface area contributed by atoms with Gasteiger partial charge >= 0.3 is 29.8 Å². The van der Waals surface area contributed by atoms with Gasteiger partial charge in [-0.2, -0.15) is 0 Å². The van der Waals surface area contributed by atoms with Crippen molar-refractivity contribution in [3.8, 4) is 0 Å². The van der Waals surface area contributed by atoms with Gasteiger partial charge in [0, 0.05) is 5.92 Å². The Labute approximate surface area is 612 Å². The molecule has 0 aliphatic heterocycles. The van der Waals surface area contributed by atoms with E-state index in [0.29, 0.717) is 29.1 Å². The summed E-state index contributed by atoms with van der Waals surface area (Å²) in [4.78, 5) is 60.4. The lowest BCUT2D eigenvalue weighted by Gasteiger charge is -2.44. The highest BCUT2D eigenvalue weighted by Gasteiger charge is 2.43. The highest BCUT2D eigenvalue weighted by molar-refractivity contribution is 5.77. The molecule has 10 nitrogen and oxygen atoms in total. The minimum atomic E-state index is -0.355. The van der Waals surface area contributed by atoms with E-state index in [2.05, 4.69) is 96.9 Å². The first kappa shape index (κ1) is 116. The zero-order valence-electron chi connectivity index (χ0n) is 62.7. The molecule has 0 aromatic heterocycles. The van der Waals surface area contributed by atoms with Crippen LogP contribution in [0.1, 0.15) is 423 Å². The van der Waals surface area contributed by atoms with E-state index >= 15 is 0 Å². The average Bonchev–Trinajstić information content (AvgIpc) is 0.847. The molecule has 0 spiro atoms. The zero-order valence-corrected chi connectivity index (χ0v) is 62.7. The summed E-state index contributed by atoms with van der Waals surface area (Å²) >= 11 is 0. The van der Waals surface area contributed by atoms with Crippen LogP contribution < -0.4 is 0 Å². The molecule has 0 bridgehead atoms. The molecule has 5 aliphatic rings. The van der Waals surface area contributed by atoms with Crippen molar-refractivity contribution in [2.75, 3.05) is 0 Å². The van der Waals surface area contributed by atoms with Gasteiger partial charge in [-0.15, -0.1) is 0 Å². The van der Waals surface area contributed by atoms with Crippen LogP contribution >= 0.6 is 0 Å². The Morgan fingerprint density at radius 2 is 0.649 bits per heavy atom. The predicted octanol–water partition coefficient (Wildman–Crippen LogP) is 28.0. The fourth-order valence-electron chi connectivity index (χ4n) is 12.9. The summed E-state index contributed by atoms with van der Waals surface area (Å²) in [7, 11) is 0. The standard InChI is InChI=1S/4C16H30O2.C13H24O2.10CH4/c1-8-16(6,7)13(17)18-12-9-14(2,3)11-15(4,5)10-12;1-7-16(5,6)14(17)18-13-10-8-12(9-11-13)15(2,3)4;1-7-16(5,6)15(17)18-14-10-12(4)8-9-13(14)11(2)3;1-7-16(5,6)14(17)18-13-11-9-8-10-12(13)15(2,3)4;1-5-13(3,4)12(14)15-11-8-6-10(2)7-9-11;;;;;;;;;;/h12H,8-11H2,1-7H3;12-13H,7-11H2,1-6H3;11-14H,7-10H2,1-6H3;12-13H,7-11H2,1-6H3;10-11H,5-9H2,1-4H3;10*1H4. The topological polar surface area (TPSA) is 132 Å². The van der Waals surface area contributed by atoms with Crippen LogP contribution in [0.4, 0.5) is 0 Å². The summed E-state index contributed by atoms with van der Waals surface area (Å²) in [5.74, 6) is 3.77. The molecule has 0 heterocycles. The van der Waals surface area contributed by atoms with Gasteiger partial charge in [-0.25, -0.2) is 0 Å². The van der Waals surface area contributed by atoms with Crippen molar-refractivity contribution in [2.24, 2.45) is 84.2 Å². The number of rotatable bonds is 16. The third-order valence-corrected chi connectivity index (χ3v) is 21.7. The largest absolute Gasteiger partial charge is 0.462 e. The maximum absolute atomic E-state index is 12.2. The van der Waals surface area contributed by atoms with Crippen molar-refractivity contribution in [1.82, 2.24) is 0 Å². The van der Waals surface area contributed by atoms with Crippen molar-refractivity contribution in [3.63, 3.8) is 0 Å². The molecule has 0 aromatic rings. The van der Waals surface area contributed by atoms with Crippen molar-refractivity contribution >= 4 is 29.8 Å². The second-order valence-electron chi connectivity index (χ2n) is 35.6. The van der Waals surface area contributed by atoms with Crippen LogP contribution in [-0.2, 0) is 47.7 Å². The van der Waals surface area contributed by atoms with Gasteiger partial charge in [-0.05, 0) is 255 Å². The Balaban J connectivity index is -0.000000119. The number of carbonyl (C=O) groups excluding carboxylic acids is 5. The lowest BCUT2D eigenvalue weighted by atomic mass is 9.64. The van der Waals surface area contributed by atoms with Crippen LogP contribution in [-0.4, -0.2) is 60.4 Å². The number of hydrogen-bond donors (Lipinski definition) is 0. The third-order valence-electron chi connectivity index (χ3n) is 21.7. The van der Waals surface area contributed by atoms with E-state index in [0.717, 1.165) is 95.3 Å². The lowest BCUT2D eigenvalue weighted by molar-refractivity contribution is -0.168. The second-order valence-corrected chi connectivity index (χ2v) is 35.6. The van der Waals surface area contributed by atoms with E-state index in [9.17, 15) is 24.0 Å². The van der Waals surface area contributed by atoms with E-state index in [1.807, 2.05) is 104 Å². The Bertz CT molecular complexity index is 2000. The monoisotopic (exact) mass is 1390 g/mol. The molecule has 10 heteroatoms. The quantitative estimate of drug-likeness (QED) is 0.109. The van der Waals surface area contributed by atoms with E-state index in [1.54, 1.807) is 0 Å². The second kappa shape index (κ2) is 49.1. The average molecular weight is 1390 g/mol. The summed E-state index contributed by atoms with van der Waals surface area (Å²) in [6, 6.07) is 0. The van der Waals surface area contributed by atoms with Crippen LogP contribution in [0.3, 0.4) is 0 Å². The molecule has 0 N–H and O–H groups in total.